The average Bonchev–Trinajstić information content (AvgIpc) is 2.82. The van der Waals surface area contributed by atoms with Gasteiger partial charge in [0.2, 0.25) is 0 Å². The molecule has 1 saturated carbocycles. The molecule has 3 atom stereocenters. The number of anilines is 1. The van der Waals surface area contributed by atoms with E-state index in [0.29, 0.717) is 23.4 Å². The van der Waals surface area contributed by atoms with Crippen LogP contribution in [0, 0.1) is 31.6 Å². The summed E-state index contributed by atoms with van der Waals surface area (Å²) in [7, 11) is 0. The van der Waals surface area contributed by atoms with Gasteiger partial charge in [-0.1, -0.05) is 55.3 Å². The van der Waals surface area contributed by atoms with Crippen LogP contribution < -0.4 is 5.32 Å². The SMILES string of the molecule is Cc1c(Br)ccc(NC(=O)COC(=O)c2ccccc2C(=O)O[C@@H]2C[C@@H](C)CC[C@H]2C(C)C)c1C. The lowest BCUT2D eigenvalue weighted by Gasteiger charge is -2.36. The van der Waals surface area contributed by atoms with Crippen LogP contribution in [0.2, 0.25) is 0 Å². The van der Waals surface area contributed by atoms with E-state index < -0.39 is 24.5 Å². The summed E-state index contributed by atoms with van der Waals surface area (Å²) in [4.78, 5) is 38.3. The molecule has 35 heavy (non-hydrogen) atoms. The van der Waals surface area contributed by atoms with Gasteiger partial charge in [-0.2, -0.15) is 0 Å². The van der Waals surface area contributed by atoms with Gasteiger partial charge in [0.25, 0.3) is 5.91 Å². The van der Waals surface area contributed by atoms with Crippen molar-refractivity contribution < 1.29 is 23.9 Å². The predicted molar refractivity (Wildman–Crippen MR) is 140 cm³/mol. The highest BCUT2D eigenvalue weighted by molar-refractivity contribution is 9.10. The molecule has 1 N–H and O–H groups in total. The van der Waals surface area contributed by atoms with Crippen LogP contribution in [0.3, 0.4) is 0 Å². The first-order valence-electron chi connectivity index (χ1n) is 12.1. The Balaban J connectivity index is 1.65. The Hall–Kier alpha value is -2.67. The Morgan fingerprint density at radius 3 is 2.31 bits per heavy atom. The smallest absolute Gasteiger partial charge is 0.339 e. The van der Waals surface area contributed by atoms with Gasteiger partial charge in [-0.25, -0.2) is 9.59 Å². The first-order valence-corrected chi connectivity index (χ1v) is 12.9. The quantitative estimate of drug-likeness (QED) is 0.404. The fourth-order valence-electron chi connectivity index (χ4n) is 4.61. The van der Waals surface area contributed by atoms with Crippen molar-refractivity contribution in [1.82, 2.24) is 0 Å². The zero-order valence-electron chi connectivity index (χ0n) is 21.0. The van der Waals surface area contributed by atoms with Crippen LogP contribution in [0.4, 0.5) is 5.69 Å². The minimum atomic E-state index is -0.742. The normalized spacial score (nSPS) is 19.8. The lowest BCUT2D eigenvalue weighted by molar-refractivity contribution is -0.119. The fourth-order valence-corrected chi connectivity index (χ4v) is 5.04. The standard InChI is InChI=1S/C28H34BrNO5/c1-16(2)20-11-10-17(3)14-25(20)35-28(33)22-9-7-6-8-21(22)27(32)34-15-26(31)30-24-13-12-23(29)18(4)19(24)5/h6-9,12-13,16-17,20,25H,10-11,14-15H2,1-5H3,(H,30,31)/t17-,20-,25+/m0/s1. The number of benzene rings is 2. The lowest BCUT2D eigenvalue weighted by Crippen LogP contribution is -2.36. The number of nitrogens with one attached hydrogen (secondary N) is 1. The van der Waals surface area contributed by atoms with Crippen LogP contribution in [0.15, 0.2) is 40.9 Å². The molecule has 0 unspecified atom stereocenters. The Bertz CT molecular complexity index is 1100. The summed E-state index contributed by atoms with van der Waals surface area (Å²) in [6.07, 6.45) is 2.78. The average molecular weight is 544 g/mol. The van der Waals surface area contributed by atoms with Crippen molar-refractivity contribution in [2.24, 2.45) is 17.8 Å². The monoisotopic (exact) mass is 543 g/mol. The largest absolute Gasteiger partial charge is 0.458 e. The molecule has 1 amide bonds. The molecule has 7 heteroatoms. The molecule has 3 rings (SSSR count). The molecule has 1 fully saturated rings. The molecule has 2 aromatic carbocycles. The fraction of sp³-hybridized carbons (Fsp3) is 0.464. The topological polar surface area (TPSA) is 81.7 Å². The summed E-state index contributed by atoms with van der Waals surface area (Å²) < 4.78 is 12.1. The molecular formula is C28H34BrNO5. The van der Waals surface area contributed by atoms with Crippen molar-refractivity contribution in [2.75, 3.05) is 11.9 Å². The molecule has 188 valence electrons. The maximum Gasteiger partial charge on any atom is 0.339 e. The molecule has 0 aliphatic heterocycles. The summed E-state index contributed by atoms with van der Waals surface area (Å²) >= 11 is 3.46. The van der Waals surface area contributed by atoms with Crippen molar-refractivity contribution in [3.63, 3.8) is 0 Å². The Morgan fingerprint density at radius 2 is 1.66 bits per heavy atom. The van der Waals surface area contributed by atoms with Gasteiger partial charge in [-0.3, -0.25) is 4.79 Å². The maximum atomic E-state index is 13.1. The van der Waals surface area contributed by atoms with Crippen molar-refractivity contribution >= 4 is 39.5 Å². The third-order valence-corrected chi connectivity index (χ3v) is 7.78. The van der Waals surface area contributed by atoms with E-state index in [-0.39, 0.29) is 17.2 Å². The second-order valence-corrected chi connectivity index (χ2v) is 10.6. The minimum Gasteiger partial charge on any atom is -0.458 e. The molecule has 0 spiro atoms. The summed E-state index contributed by atoms with van der Waals surface area (Å²) in [5.74, 6) is -0.554. The van der Waals surface area contributed by atoms with Crippen LogP contribution in [0.1, 0.15) is 71.9 Å². The molecular weight excluding hydrogens is 510 g/mol. The molecule has 0 heterocycles. The van der Waals surface area contributed by atoms with Gasteiger partial charge >= 0.3 is 11.9 Å². The number of hydrogen-bond donors (Lipinski definition) is 1. The number of carbonyl (C=O) groups is 3. The van der Waals surface area contributed by atoms with E-state index in [1.165, 1.54) is 6.07 Å². The Morgan fingerprint density at radius 1 is 1.00 bits per heavy atom. The van der Waals surface area contributed by atoms with Gasteiger partial charge in [0.15, 0.2) is 6.61 Å². The van der Waals surface area contributed by atoms with Crippen LogP contribution in [0.25, 0.3) is 0 Å². The van der Waals surface area contributed by atoms with Gasteiger partial charge in [0, 0.05) is 10.2 Å². The summed E-state index contributed by atoms with van der Waals surface area (Å²) in [5.41, 5.74) is 2.82. The zero-order chi connectivity index (χ0) is 25.7. The summed E-state index contributed by atoms with van der Waals surface area (Å²) in [6.45, 7) is 9.85. The number of amides is 1. The van der Waals surface area contributed by atoms with Crippen LogP contribution >= 0.6 is 15.9 Å². The van der Waals surface area contributed by atoms with Gasteiger partial charge in [-0.05, 0) is 79.8 Å². The van der Waals surface area contributed by atoms with Gasteiger partial charge in [0.05, 0.1) is 11.1 Å². The molecule has 1 aliphatic rings. The van der Waals surface area contributed by atoms with Gasteiger partial charge in [-0.15, -0.1) is 0 Å². The van der Waals surface area contributed by atoms with Crippen molar-refractivity contribution in [2.45, 2.75) is 60.0 Å². The molecule has 2 aromatic rings. The lowest BCUT2D eigenvalue weighted by atomic mass is 9.75. The first-order chi connectivity index (χ1) is 16.6. The number of carbonyl (C=O) groups excluding carboxylic acids is 3. The second-order valence-electron chi connectivity index (χ2n) is 9.78. The van der Waals surface area contributed by atoms with E-state index >= 15 is 0 Å². The van der Waals surface area contributed by atoms with Crippen LogP contribution in [0.5, 0.6) is 0 Å². The van der Waals surface area contributed by atoms with Crippen molar-refractivity contribution in [3.8, 4) is 0 Å². The molecule has 6 nitrogen and oxygen atoms in total. The van der Waals surface area contributed by atoms with Crippen molar-refractivity contribution in [1.29, 1.82) is 0 Å². The third kappa shape index (κ3) is 6.72. The molecule has 0 bridgehead atoms. The highest BCUT2D eigenvalue weighted by atomic mass is 79.9. The highest BCUT2D eigenvalue weighted by Gasteiger charge is 2.34. The Kier molecular flexibility index (Phi) is 9.11. The number of rotatable bonds is 7. The second kappa shape index (κ2) is 11.8. The first kappa shape index (κ1) is 26.9. The maximum absolute atomic E-state index is 13.1. The predicted octanol–water partition coefficient (Wildman–Crippen LogP) is 6.48. The van der Waals surface area contributed by atoms with E-state index in [1.807, 2.05) is 19.9 Å². The Labute approximate surface area is 215 Å². The highest BCUT2D eigenvalue weighted by Crippen LogP contribution is 2.36. The van der Waals surface area contributed by atoms with Crippen LogP contribution in [-0.2, 0) is 14.3 Å². The number of esters is 2. The van der Waals surface area contributed by atoms with Gasteiger partial charge in [0.1, 0.15) is 6.10 Å². The summed E-state index contributed by atoms with van der Waals surface area (Å²) in [5, 5.41) is 2.77. The number of hydrogen-bond acceptors (Lipinski definition) is 5. The zero-order valence-corrected chi connectivity index (χ0v) is 22.6. The molecule has 0 aromatic heterocycles. The van der Waals surface area contributed by atoms with E-state index in [2.05, 4.69) is 42.0 Å². The van der Waals surface area contributed by atoms with Gasteiger partial charge < -0.3 is 14.8 Å². The van der Waals surface area contributed by atoms with E-state index in [9.17, 15) is 14.4 Å². The molecule has 0 saturated heterocycles. The van der Waals surface area contributed by atoms with E-state index in [1.54, 1.807) is 24.3 Å². The van der Waals surface area contributed by atoms with E-state index in [0.717, 1.165) is 34.9 Å². The van der Waals surface area contributed by atoms with E-state index in [4.69, 9.17) is 9.47 Å². The summed E-state index contributed by atoms with van der Waals surface area (Å²) in [6, 6.07) is 10.0. The number of halogens is 1. The third-order valence-electron chi connectivity index (χ3n) is 6.92. The molecule has 0 radical (unpaired) electrons. The minimum absolute atomic E-state index is 0.0888. The number of ether oxygens (including phenoxy) is 2. The molecule has 1 aliphatic carbocycles. The van der Waals surface area contributed by atoms with Crippen molar-refractivity contribution in [3.05, 3.63) is 63.1 Å². The van der Waals surface area contributed by atoms with Crippen LogP contribution in [-0.4, -0.2) is 30.6 Å².